The smallest absolute Gasteiger partial charge is 0.311 e. The van der Waals surface area contributed by atoms with Gasteiger partial charge in [0.25, 0.3) is 0 Å². The van der Waals surface area contributed by atoms with Gasteiger partial charge in [0.1, 0.15) is 5.82 Å². The molecule has 1 heterocycles. The Kier molecular flexibility index (Phi) is 6.53. The molecule has 0 spiro atoms. The molecule has 0 amide bonds. The number of aliphatic imine (C=N–C) groups is 1. The first-order valence-electron chi connectivity index (χ1n) is 8.43. The van der Waals surface area contributed by atoms with Crippen molar-refractivity contribution >= 4 is 45.8 Å². The van der Waals surface area contributed by atoms with Crippen LogP contribution in [0, 0.1) is 5.82 Å². The van der Waals surface area contributed by atoms with Gasteiger partial charge in [0.15, 0.2) is 0 Å². The van der Waals surface area contributed by atoms with Crippen LogP contribution in [-0.4, -0.2) is 17.6 Å². The minimum absolute atomic E-state index is 0.0994. The van der Waals surface area contributed by atoms with Crippen molar-refractivity contribution in [2.24, 2.45) is 4.99 Å². The zero-order chi connectivity index (χ0) is 19.2. The highest BCUT2D eigenvalue weighted by Gasteiger charge is 2.16. The average molecular weight is 405 g/mol. The van der Waals surface area contributed by atoms with E-state index in [2.05, 4.69) is 10.3 Å². The van der Waals surface area contributed by atoms with Gasteiger partial charge < -0.3 is 10.1 Å². The second-order valence-corrected chi connectivity index (χ2v) is 7.14. The summed E-state index contributed by atoms with van der Waals surface area (Å²) in [6.45, 7) is 2.09. The zero-order valence-electron chi connectivity index (χ0n) is 14.7. The molecule has 0 aliphatic carbocycles. The SMILES string of the molecule is CCOC(=O)CC1=CC(SCc2c(F)cccc2Cl)=Nc2ccccc2N1. The van der Waals surface area contributed by atoms with Crippen molar-refractivity contribution in [1.29, 1.82) is 0 Å². The molecule has 0 aromatic heterocycles. The lowest BCUT2D eigenvalue weighted by Gasteiger charge is -2.10. The van der Waals surface area contributed by atoms with Crippen LogP contribution in [0.2, 0.25) is 5.02 Å². The number of benzene rings is 2. The van der Waals surface area contributed by atoms with E-state index in [-0.39, 0.29) is 18.2 Å². The molecule has 2 aromatic rings. The summed E-state index contributed by atoms with van der Waals surface area (Å²) in [5, 5.41) is 4.27. The lowest BCUT2D eigenvalue weighted by atomic mass is 10.2. The molecule has 0 atom stereocenters. The van der Waals surface area contributed by atoms with Crippen LogP contribution in [0.5, 0.6) is 0 Å². The van der Waals surface area contributed by atoms with Gasteiger partial charge >= 0.3 is 5.97 Å². The molecular formula is C20H18ClFN2O2S. The van der Waals surface area contributed by atoms with Gasteiger partial charge in [-0.3, -0.25) is 4.79 Å². The van der Waals surface area contributed by atoms with Gasteiger partial charge in [0, 0.05) is 22.0 Å². The minimum Gasteiger partial charge on any atom is -0.466 e. The van der Waals surface area contributed by atoms with Crippen molar-refractivity contribution < 1.29 is 13.9 Å². The first kappa shape index (κ1) is 19.5. The highest BCUT2D eigenvalue weighted by atomic mass is 35.5. The molecule has 0 unspecified atom stereocenters. The number of carbonyl (C=O) groups is 1. The van der Waals surface area contributed by atoms with E-state index in [1.807, 2.05) is 24.3 Å². The van der Waals surface area contributed by atoms with Crippen molar-refractivity contribution in [3.05, 3.63) is 70.6 Å². The number of rotatable bonds is 5. The van der Waals surface area contributed by atoms with Crippen LogP contribution in [0.4, 0.5) is 15.8 Å². The summed E-state index contributed by atoms with van der Waals surface area (Å²) in [6.07, 6.45) is 1.89. The Morgan fingerprint density at radius 2 is 2.07 bits per heavy atom. The molecule has 0 saturated heterocycles. The number of fused-ring (bicyclic) bond motifs is 1. The maximum atomic E-state index is 14.0. The van der Waals surface area contributed by atoms with Crippen LogP contribution in [0.3, 0.4) is 0 Å². The fourth-order valence-electron chi connectivity index (χ4n) is 2.54. The van der Waals surface area contributed by atoms with E-state index in [0.717, 1.165) is 11.4 Å². The number of esters is 1. The van der Waals surface area contributed by atoms with Gasteiger partial charge in [0.2, 0.25) is 0 Å². The zero-order valence-corrected chi connectivity index (χ0v) is 16.2. The van der Waals surface area contributed by atoms with Crippen LogP contribution < -0.4 is 5.32 Å². The number of ether oxygens (including phenoxy) is 1. The van der Waals surface area contributed by atoms with Crippen LogP contribution in [0.1, 0.15) is 18.9 Å². The van der Waals surface area contributed by atoms with Gasteiger partial charge in [-0.2, -0.15) is 0 Å². The third kappa shape index (κ3) is 5.11. The Labute approximate surface area is 166 Å². The number of anilines is 1. The van der Waals surface area contributed by atoms with Crippen molar-refractivity contribution in [3.8, 4) is 0 Å². The predicted molar refractivity (Wildman–Crippen MR) is 109 cm³/mol. The van der Waals surface area contributed by atoms with Crippen molar-refractivity contribution in [1.82, 2.24) is 0 Å². The van der Waals surface area contributed by atoms with E-state index >= 15 is 0 Å². The first-order chi connectivity index (χ1) is 13.1. The summed E-state index contributed by atoms with van der Waals surface area (Å²) in [4.78, 5) is 16.5. The summed E-state index contributed by atoms with van der Waals surface area (Å²) >= 11 is 7.47. The monoisotopic (exact) mass is 404 g/mol. The van der Waals surface area contributed by atoms with Gasteiger partial charge in [-0.05, 0) is 37.3 Å². The van der Waals surface area contributed by atoms with E-state index in [0.29, 0.717) is 33.7 Å². The topological polar surface area (TPSA) is 50.7 Å². The number of halogens is 2. The largest absolute Gasteiger partial charge is 0.466 e. The second kappa shape index (κ2) is 9.06. The maximum absolute atomic E-state index is 14.0. The summed E-state index contributed by atoms with van der Waals surface area (Å²) in [5.74, 6) is -0.342. The summed E-state index contributed by atoms with van der Waals surface area (Å²) in [6, 6.07) is 12.2. The lowest BCUT2D eigenvalue weighted by Crippen LogP contribution is -2.10. The van der Waals surface area contributed by atoms with Gasteiger partial charge in [-0.15, -0.1) is 11.8 Å². The number of hydrogen-bond acceptors (Lipinski definition) is 5. The highest BCUT2D eigenvalue weighted by Crippen LogP contribution is 2.32. The number of nitrogens with one attached hydrogen (secondary N) is 1. The predicted octanol–water partition coefficient (Wildman–Crippen LogP) is 5.71. The minimum atomic E-state index is -0.349. The molecule has 1 N–H and O–H groups in total. The molecule has 3 rings (SSSR count). The summed E-state index contributed by atoms with van der Waals surface area (Å²) in [7, 11) is 0. The molecule has 1 aliphatic heterocycles. The molecule has 27 heavy (non-hydrogen) atoms. The van der Waals surface area contributed by atoms with Gasteiger partial charge in [-0.25, -0.2) is 9.38 Å². The number of carbonyl (C=O) groups excluding carboxylic acids is 1. The number of hydrogen-bond donors (Lipinski definition) is 1. The number of para-hydroxylation sites is 2. The van der Waals surface area contributed by atoms with Crippen LogP contribution >= 0.6 is 23.4 Å². The normalized spacial score (nSPS) is 13.0. The molecule has 1 aliphatic rings. The lowest BCUT2D eigenvalue weighted by molar-refractivity contribution is -0.142. The van der Waals surface area contributed by atoms with E-state index in [1.54, 1.807) is 25.1 Å². The number of nitrogens with zero attached hydrogens (tertiary/aromatic N) is 1. The standard InChI is InChI=1S/C20H18ClFN2O2S/c1-2-26-20(25)11-13-10-19(24-18-9-4-3-8-17(18)23-13)27-12-14-15(21)6-5-7-16(14)22/h3-10,23H,2,11-12H2,1H3. The Hall–Kier alpha value is -2.31. The molecule has 7 heteroatoms. The average Bonchev–Trinajstić information content (AvgIpc) is 2.80. The molecule has 0 saturated carbocycles. The molecular weight excluding hydrogens is 387 g/mol. The summed E-state index contributed by atoms with van der Waals surface area (Å²) in [5.41, 5.74) is 2.64. The highest BCUT2D eigenvalue weighted by molar-refractivity contribution is 8.13. The van der Waals surface area contributed by atoms with Crippen molar-refractivity contribution in [2.45, 2.75) is 19.1 Å². The molecule has 2 aromatic carbocycles. The van der Waals surface area contributed by atoms with Crippen molar-refractivity contribution in [3.63, 3.8) is 0 Å². The Bertz CT molecular complexity index is 894. The quantitative estimate of drug-likeness (QED) is 0.649. The summed E-state index contributed by atoms with van der Waals surface area (Å²) < 4.78 is 19.1. The van der Waals surface area contributed by atoms with Gasteiger partial charge in [-0.1, -0.05) is 29.8 Å². The fourth-order valence-corrected chi connectivity index (χ4v) is 3.82. The molecule has 0 bridgehead atoms. The molecule has 0 fully saturated rings. The first-order valence-corrected chi connectivity index (χ1v) is 9.79. The Morgan fingerprint density at radius 1 is 1.26 bits per heavy atom. The van der Waals surface area contributed by atoms with E-state index in [4.69, 9.17) is 16.3 Å². The molecule has 4 nitrogen and oxygen atoms in total. The van der Waals surface area contributed by atoms with Gasteiger partial charge in [0.05, 0.1) is 29.4 Å². The van der Waals surface area contributed by atoms with E-state index in [9.17, 15) is 9.18 Å². The number of thioether (sulfide) groups is 1. The molecule has 0 radical (unpaired) electrons. The van der Waals surface area contributed by atoms with E-state index < -0.39 is 0 Å². The molecule has 140 valence electrons. The van der Waals surface area contributed by atoms with Crippen LogP contribution in [0.15, 0.2) is 59.2 Å². The van der Waals surface area contributed by atoms with Crippen molar-refractivity contribution in [2.75, 3.05) is 11.9 Å². The van der Waals surface area contributed by atoms with Crippen LogP contribution in [0.25, 0.3) is 0 Å². The fraction of sp³-hybridized carbons (Fsp3) is 0.200. The Morgan fingerprint density at radius 3 is 2.85 bits per heavy atom. The second-order valence-electron chi connectivity index (χ2n) is 5.73. The van der Waals surface area contributed by atoms with Crippen LogP contribution in [-0.2, 0) is 15.3 Å². The van der Waals surface area contributed by atoms with E-state index in [1.165, 1.54) is 17.8 Å². The third-order valence-corrected chi connectivity index (χ3v) is 5.09. The maximum Gasteiger partial charge on any atom is 0.311 e. The third-order valence-electron chi connectivity index (χ3n) is 3.79. The Balaban J connectivity index is 1.85.